The smallest absolute Gasteiger partial charge is 0.550 e. The number of fused-ring (bicyclic) bond motifs is 1. The molecule has 0 amide bonds. The molecule has 5 rings (SSSR count). The predicted octanol–water partition coefficient (Wildman–Crippen LogP) is 1.45. The minimum Gasteiger partial charge on any atom is -0.550 e. The summed E-state index contributed by atoms with van der Waals surface area (Å²) in [7, 11) is 0. The molecule has 0 unspecified atom stereocenters. The van der Waals surface area contributed by atoms with Crippen molar-refractivity contribution in [2.24, 2.45) is 0 Å². The summed E-state index contributed by atoms with van der Waals surface area (Å²) in [5.41, 5.74) is 5.65. The summed E-state index contributed by atoms with van der Waals surface area (Å²) in [6, 6.07) is 23.6. The second-order valence-electron chi connectivity index (χ2n) is 10.4. The third-order valence-electron chi connectivity index (χ3n) is 7.56. The molecule has 4 aromatic rings. The van der Waals surface area contributed by atoms with Crippen molar-refractivity contribution >= 4 is 23.0 Å². The molecule has 0 bridgehead atoms. The normalized spacial score (nSPS) is 14.5. The van der Waals surface area contributed by atoms with Gasteiger partial charge in [0.1, 0.15) is 5.82 Å². The molecule has 0 saturated carbocycles. The average Bonchev–Trinajstić information content (AvgIpc) is 3.28. The van der Waals surface area contributed by atoms with Crippen LogP contribution in [0.5, 0.6) is 0 Å². The van der Waals surface area contributed by atoms with Gasteiger partial charge in [-0.3, -0.25) is 0 Å². The van der Waals surface area contributed by atoms with Gasteiger partial charge < -0.3 is 24.3 Å². The van der Waals surface area contributed by atoms with Crippen molar-refractivity contribution in [3.8, 4) is 0 Å². The molecule has 40 heavy (non-hydrogen) atoms. The number of imidazole rings is 1. The Bertz CT molecular complexity index is 1360. The number of para-hydroxylation sites is 2. The zero-order valence-corrected chi connectivity index (χ0v) is 25.4. The number of benzene rings is 3. The van der Waals surface area contributed by atoms with Crippen LogP contribution >= 0.6 is 0 Å². The van der Waals surface area contributed by atoms with Crippen molar-refractivity contribution in [2.45, 2.75) is 45.1 Å². The zero-order valence-electron chi connectivity index (χ0n) is 23.4. The van der Waals surface area contributed by atoms with Crippen LogP contribution in [-0.4, -0.2) is 53.1 Å². The molecule has 0 atom stereocenters. The molecule has 1 saturated heterocycles. The number of nitrogens with zero attached hydrogens (tertiary/aromatic N) is 4. The van der Waals surface area contributed by atoms with E-state index in [1.807, 2.05) is 24.3 Å². The SMILES string of the molecule is O=C([O-])CCCc1ccc(CCN2CCCN(c3nc4ccccc4n3Cc3ccc(F)cc3)CCC2)cc1.[Na+]. The Morgan fingerprint density at radius 2 is 1.45 bits per heavy atom. The Labute approximate surface area is 258 Å². The summed E-state index contributed by atoms with van der Waals surface area (Å²) < 4.78 is 15.8. The Kier molecular flexibility index (Phi) is 11.2. The number of carboxylic acids is 1. The van der Waals surface area contributed by atoms with Crippen LogP contribution < -0.4 is 39.6 Å². The number of hydrogen-bond acceptors (Lipinski definition) is 5. The average molecular weight is 551 g/mol. The van der Waals surface area contributed by atoms with Crippen molar-refractivity contribution in [3.63, 3.8) is 0 Å². The standard InChI is InChI=1S/C32H37FN4O2.Na/c33-28-16-14-27(15-17-28)24-37-30-8-2-1-7-29(30)34-32(37)36-21-4-19-35(20-5-22-36)23-18-26-12-10-25(11-13-26)6-3-9-31(38)39;/h1-2,7-8,10-17H,3-6,9,18-24H2,(H,38,39);/q;+1/p-1. The summed E-state index contributed by atoms with van der Waals surface area (Å²) >= 11 is 0. The summed E-state index contributed by atoms with van der Waals surface area (Å²) in [5.74, 6) is -0.203. The van der Waals surface area contributed by atoms with Gasteiger partial charge in [0.05, 0.1) is 17.6 Å². The first kappa shape index (κ1) is 30.3. The third-order valence-corrected chi connectivity index (χ3v) is 7.56. The van der Waals surface area contributed by atoms with Gasteiger partial charge in [-0.05, 0) is 92.6 Å². The Morgan fingerprint density at radius 3 is 2.12 bits per heavy atom. The quantitative estimate of drug-likeness (QED) is 0.280. The molecule has 204 valence electrons. The number of carboxylic acid groups (broad SMARTS) is 1. The first-order valence-corrected chi connectivity index (χ1v) is 14.0. The van der Waals surface area contributed by atoms with E-state index in [4.69, 9.17) is 4.98 Å². The first-order chi connectivity index (χ1) is 19.0. The van der Waals surface area contributed by atoms with E-state index in [1.54, 1.807) is 0 Å². The Hall–Kier alpha value is -2.71. The van der Waals surface area contributed by atoms with Crippen molar-refractivity contribution in [1.29, 1.82) is 0 Å². The molecule has 0 spiro atoms. The number of aryl methyl sites for hydroxylation is 1. The molecular weight excluding hydrogens is 514 g/mol. The zero-order chi connectivity index (χ0) is 27.0. The molecule has 1 aromatic heterocycles. The predicted molar refractivity (Wildman–Crippen MR) is 151 cm³/mol. The summed E-state index contributed by atoms with van der Waals surface area (Å²) in [6.45, 7) is 5.70. The molecule has 0 radical (unpaired) electrons. The first-order valence-electron chi connectivity index (χ1n) is 14.0. The van der Waals surface area contributed by atoms with Crippen LogP contribution in [0.4, 0.5) is 10.3 Å². The largest absolute Gasteiger partial charge is 1.00 e. The van der Waals surface area contributed by atoms with E-state index < -0.39 is 5.97 Å². The monoisotopic (exact) mass is 550 g/mol. The van der Waals surface area contributed by atoms with Crippen LogP contribution in [-0.2, 0) is 24.2 Å². The maximum absolute atomic E-state index is 13.5. The minimum absolute atomic E-state index is 0. The van der Waals surface area contributed by atoms with Crippen LogP contribution in [0.25, 0.3) is 11.0 Å². The van der Waals surface area contributed by atoms with Gasteiger partial charge in [-0.2, -0.15) is 0 Å². The van der Waals surface area contributed by atoms with Crippen molar-refractivity contribution < 1.29 is 43.8 Å². The fourth-order valence-electron chi connectivity index (χ4n) is 5.45. The molecule has 8 heteroatoms. The molecule has 2 heterocycles. The Balaban J connectivity index is 0.00000370. The van der Waals surface area contributed by atoms with Gasteiger partial charge in [0.15, 0.2) is 0 Å². The van der Waals surface area contributed by atoms with E-state index in [0.29, 0.717) is 13.0 Å². The fourth-order valence-corrected chi connectivity index (χ4v) is 5.45. The third kappa shape index (κ3) is 8.16. The molecule has 0 aliphatic carbocycles. The maximum atomic E-state index is 13.5. The number of aliphatic carboxylic acids is 1. The van der Waals surface area contributed by atoms with E-state index >= 15 is 0 Å². The van der Waals surface area contributed by atoms with Crippen LogP contribution in [0.15, 0.2) is 72.8 Å². The molecule has 6 nitrogen and oxygen atoms in total. The van der Waals surface area contributed by atoms with Crippen molar-refractivity contribution in [2.75, 3.05) is 37.6 Å². The van der Waals surface area contributed by atoms with E-state index in [0.717, 1.165) is 81.0 Å². The second-order valence-corrected chi connectivity index (χ2v) is 10.4. The number of carbonyl (C=O) groups excluding carboxylic acids is 1. The number of rotatable bonds is 10. The number of halogens is 1. The molecule has 1 aliphatic heterocycles. The number of hydrogen-bond donors (Lipinski definition) is 0. The van der Waals surface area contributed by atoms with Crippen molar-refractivity contribution in [3.05, 3.63) is 95.3 Å². The van der Waals surface area contributed by atoms with Crippen LogP contribution in [0.2, 0.25) is 0 Å². The molecule has 0 N–H and O–H groups in total. The fraction of sp³-hybridized carbons (Fsp3) is 0.375. The number of anilines is 1. The number of carbonyl (C=O) groups is 1. The van der Waals surface area contributed by atoms with Gasteiger partial charge in [-0.25, -0.2) is 9.37 Å². The van der Waals surface area contributed by atoms with E-state index in [9.17, 15) is 14.3 Å². The Morgan fingerprint density at radius 1 is 0.825 bits per heavy atom. The van der Waals surface area contributed by atoms with E-state index in [2.05, 4.69) is 50.8 Å². The topological polar surface area (TPSA) is 64.4 Å². The molecule has 1 aliphatic rings. The van der Waals surface area contributed by atoms with Crippen LogP contribution in [0.3, 0.4) is 0 Å². The minimum atomic E-state index is -0.980. The van der Waals surface area contributed by atoms with Gasteiger partial charge in [0.25, 0.3) is 0 Å². The van der Waals surface area contributed by atoms with Gasteiger partial charge in [-0.1, -0.05) is 48.5 Å². The van der Waals surface area contributed by atoms with Crippen LogP contribution in [0.1, 0.15) is 42.4 Å². The molecule has 1 fully saturated rings. The molecule has 3 aromatic carbocycles. The summed E-state index contributed by atoms with van der Waals surface area (Å²) in [5, 5.41) is 10.6. The van der Waals surface area contributed by atoms with Gasteiger partial charge in [0.2, 0.25) is 5.95 Å². The summed E-state index contributed by atoms with van der Waals surface area (Å²) in [4.78, 5) is 20.6. The maximum Gasteiger partial charge on any atom is 1.00 e. The van der Waals surface area contributed by atoms with Gasteiger partial charge >= 0.3 is 29.6 Å². The molecular formula is C32H36FN4NaO2. The second kappa shape index (κ2) is 14.8. The van der Waals surface area contributed by atoms with Gasteiger partial charge in [-0.15, -0.1) is 0 Å². The van der Waals surface area contributed by atoms with Crippen molar-refractivity contribution in [1.82, 2.24) is 14.5 Å². The van der Waals surface area contributed by atoms with Gasteiger partial charge in [0, 0.05) is 25.6 Å². The van der Waals surface area contributed by atoms with Crippen LogP contribution in [0, 0.1) is 5.82 Å². The summed E-state index contributed by atoms with van der Waals surface area (Å²) in [6.07, 6.45) is 4.65. The van der Waals surface area contributed by atoms with E-state index in [1.165, 1.54) is 23.3 Å². The van der Waals surface area contributed by atoms with E-state index in [-0.39, 0.29) is 41.8 Å². The number of aromatic nitrogens is 2.